The molecule has 0 heterocycles. The van der Waals surface area contributed by atoms with Crippen molar-refractivity contribution in [3.05, 3.63) is 0 Å². The molecule has 0 spiro atoms. The van der Waals surface area contributed by atoms with E-state index >= 15 is 0 Å². The maximum atomic E-state index is 11.9. The van der Waals surface area contributed by atoms with Crippen molar-refractivity contribution in [1.29, 1.82) is 0 Å². The fraction of sp³-hybridized carbons (Fsp3) is 0.818. The number of carboxylic acids is 1. The Morgan fingerprint density at radius 2 is 1.88 bits per heavy atom. The zero-order valence-corrected chi connectivity index (χ0v) is 10.3. The highest BCUT2D eigenvalue weighted by Crippen LogP contribution is 2.08. The molecule has 0 aromatic carbocycles. The van der Waals surface area contributed by atoms with Crippen molar-refractivity contribution in [3.8, 4) is 0 Å². The lowest BCUT2D eigenvalue weighted by atomic mass is 10.1. The maximum Gasteiger partial charge on any atom is 0.323 e. The molecule has 5 nitrogen and oxygen atoms in total. The van der Waals surface area contributed by atoms with Crippen LogP contribution in [0.2, 0.25) is 0 Å². The van der Waals surface area contributed by atoms with Crippen LogP contribution in [-0.4, -0.2) is 41.5 Å². The molecular formula is C11H22N2O3. The summed E-state index contributed by atoms with van der Waals surface area (Å²) < 4.78 is 0. The summed E-state index contributed by atoms with van der Waals surface area (Å²) in [5.41, 5.74) is 5.38. The summed E-state index contributed by atoms with van der Waals surface area (Å²) in [6.45, 7) is 6.37. The third-order valence-electron chi connectivity index (χ3n) is 2.24. The molecule has 0 aromatic rings. The predicted octanol–water partition coefficient (Wildman–Crippen LogP) is 0.541. The van der Waals surface area contributed by atoms with Gasteiger partial charge in [0, 0.05) is 12.5 Å². The van der Waals surface area contributed by atoms with E-state index < -0.39 is 5.97 Å². The first-order valence-electron chi connectivity index (χ1n) is 5.59. The normalized spacial score (nSPS) is 12.6. The van der Waals surface area contributed by atoms with Crippen LogP contribution in [0.15, 0.2) is 0 Å². The second kappa shape index (κ2) is 7.22. The molecule has 0 aliphatic rings. The number of amides is 1. The van der Waals surface area contributed by atoms with E-state index in [1.807, 2.05) is 13.8 Å². The van der Waals surface area contributed by atoms with Crippen molar-refractivity contribution in [3.63, 3.8) is 0 Å². The first-order valence-corrected chi connectivity index (χ1v) is 5.59. The number of aliphatic carboxylic acids is 1. The third kappa shape index (κ3) is 5.70. The fourth-order valence-electron chi connectivity index (χ4n) is 1.52. The van der Waals surface area contributed by atoms with Crippen LogP contribution in [0.4, 0.5) is 0 Å². The standard InChI is InChI=1S/C11H22N2O3/c1-8(2)6-13(7-10(14)15)11(16)9(3)4-5-12/h8-9H,4-7,12H2,1-3H3,(H,14,15). The second-order valence-corrected chi connectivity index (χ2v) is 4.48. The van der Waals surface area contributed by atoms with Gasteiger partial charge < -0.3 is 15.7 Å². The molecule has 0 aliphatic heterocycles. The van der Waals surface area contributed by atoms with Gasteiger partial charge >= 0.3 is 5.97 Å². The zero-order chi connectivity index (χ0) is 12.7. The number of carbonyl (C=O) groups is 2. The van der Waals surface area contributed by atoms with Crippen LogP contribution < -0.4 is 5.73 Å². The average molecular weight is 230 g/mol. The van der Waals surface area contributed by atoms with Gasteiger partial charge in [0.25, 0.3) is 0 Å². The SMILES string of the molecule is CC(C)CN(CC(=O)O)C(=O)C(C)CCN. The van der Waals surface area contributed by atoms with E-state index in [0.29, 0.717) is 19.5 Å². The molecular weight excluding hydrogens is 208 g/mol. The van der Waals surface area contributed by atoms with Gasteiger partial charge in [0.2, 0.25) is 5.91 Å². The quantitative estimate of drug-likeness (QED) is 0.668. The molecule has 0 fully saturated rings. The van der Waals surface area contributed by atoms with Crippen LogP contribution >= 0.6 is 0 Å². The summed E-state index contributed by atoms with van der Waals surface area (Å²) in [5, 5.41) is 8.74. The van der Waals surface area contributed by atoms with Gasteiger partial charge in [0.15, 0.2) is 0 Å². The molecule has 94 valence electrons. The van der Waals surface area contributed by atoms with Gasteiger partial charge in [-0.2, -0.15) is 0 Å². The number of hydrogen-bond donors (Lipinski definition) is 2. The number of carbonyl (C=O) groups excluding carboxylic acids is 1. The summed E-state index contributed by atoms with van der Waals surface area (Å²) in [5.74, 6) is -1.05. The summed E-state index contributed by atoms with van der Waals surface area (Å²) in [7, 11) is 0. The van der Waals surface area contributed by atoms with Crippen LogP contribution in [0.3, 0.4) is 0 Å². The highest BCUT2D eigenvalue weighted by molar-refractivity contribution is 5.82. The second-order valence-electron chi connectivity index (χ2n) is 4.48. The lowest BCUT2D eigenvalue weighted by molar-refractivity contribution is -0.146. The Kier molecular flexibility index (Phi) is 6.72. The molecule has 0 saturated heterocycles. The molecule has 0 bridgehead atoms. The molecule has 0 radical (unpaired) electrons. The number of hydrogen-bond acceptors (Lipinski definition) is 3. The lowest BCUT2D eigenvalue weighted by Gasteiger charge is -2.25. The summed E-state index contributed by atoms with van der Waals surface area (Å²) >= 11 is 0. The molecule has 5 heteroatoms. The van der Waals surface area contributed by atoms with Gasteiger partial charge in [0.1, 0.15) is 6.54 Å². The molecule has 0 saturated carbocycles. The Balaban J connectivity index is 4.48. The van der Waals surface area contributed by atoms with Gasteiger partial charge in [-0.1, -0.05) is 20.8 Å². The van der Waals surface area contributed by atoms with Gasteiger partial charge in [-0.3, -0.25) is 9.59 Å². The predicted molar refractivity (Wildman–Crippen MR) is 61.9 cm³/mol. The Hall–Kier alpha value is -1.10. The van der Waals surface area contributed by atoms with E-state index in [2.05, 4.69) is 0 Å². The van der Waals surface area contributed by atoms with Crippen LogP contribution in [0.5, 0.6) is 0 Å². The van der Waals surface area contributed by atoms with E-state index in [-0.39, 0.29) is 24.3 Å². The molecule has 0 rings (SSSR count). The van der Waals surface area contributed by atoms with Gasteiger partial charge in [0.05, 0.1) is 0 Å². The van der Waals surface area contributed by atoms with Crippen molar-refractivity contribution in [2.75, 3.05) is 19.6 Å². The van der Waals surface area contributed by atoms with Gasteiger partial charge in [-0.25, -0.2) is 0 Å². The summed E-state index contributed by atoms with van der Waals surface area (Å²) in [6.07, 6.45) is 0.590. The Labute approximate surface area is 96.6 Å². The molecule has 1 unspecified atom stereocenters. The fourth-order valence-corrected chi connectivity index (χ4v) is 1.52. The Morgan fingerprint density at radius 3 is 2.25 bits per heavy atom. The van der Waals surface area contributed by atoms with E-state index in [1.165, 1.54) is 4.90 Å². The average Bonchev–Trinajstić information content (AvgIpc) is 2.14. The van der Waals surface area contributed by atoms with Gasteiger partial charge in [-0.05, 0) is 18.9 Å². The topological polar surface area (TPSA) is 83.6 Å². The van der Waals surface area contributed by atoms with Crippen molar-refractivity contribution >= 4 is 11.9 Å². The summed E-state index contributed by atoms with van der Waals surface area (Å²) in [4.78, 5) is 24.0. The van der Waals surface area contributed by atoms with Crippen molar-refractivity contribution < 1.29 is 14.7 Å². The minimum atomic E-state index is -0.978. The van der Waals surface area contributed by atoms with Crippen LogP contribution in [0.25, 0.3) is 0 Å². The minimum absolute atomic E-state index is 0.124. The highest BCUT2D eigenvalue weighted by atomic mass is 16.4. The number of carboxylic acid groups (broad SMARTS) is 1. The van der Waals surface area contributed by atoms with Crippen molar-refractivity contribution in [2.45, 2.75) is 27.2 Å². The summed E-state index contributed by atoms with van der Waals surface area (Å²) in [6, 6.07) is 0. The van der Waals surface area contributed by atoms with Crippen LogP contribution in [-0.2, 0) is 9.59 Å². The Bertz CT molecular complexity index is 241. The largest absolute Gasteiger partial charge is 0.480 e. The molecule has 0 aliphatic carbocycles. The smallest absolute Gasteiger partial charge is 0.323 e. The van der Waals surface area contributed by atoms with E-state index in [4.69, 9.17) is 10.8 Å². The van der Waals surface area contributed by atoms with Crippen LogP contribution in [0, 0.1) is 11.8 Å². The molecule has 1 amide bonds. The lowest BCUT2D eigenvalue weighted by Crippen LogP contribution is -2.41. The van der Waals surface area contributed by atoms with Gasteiger partial charge in [-0.15, -0.1) is 0 Å². The Morgan fingerprint density at radius 1 is 1.31 bits per heavy atom. The monoisotopic (exact) mass is 230 g/mol. The first kappa shape index (κ1) is 14.9. The maximum absolute atomic E-state index is 11.9. The minimum Gasteiger partial charge on any atom is -0.480 e. The molecule has 3 N–H and O–H groups in total. The molecule has 1 atom stereocenters. The van der Waals surface area contributed by atoms with E-state index in [1.54, 1.807) is 6.92 Å². The highest BCUT2D eigenvalue weighted by Gasteiger charge is 2.22. The number of nitrogens with zero attached hydrogens (tertiary/aromatic N) is 1. The van der Waals surface area contributed by atoms with Crippen LogP contribution in [0.1, 0.15) is 27.2 Å². The molecule has 16 heavy (non-hydrogen) atoms. The number of rotatable bonds is 7. The third-order valence-corrected chi connectivity index (χ3v) is 2.24. The first-order chi connectivity index (χ1) is 7.38. The van der Waals surface area contributed by atoms with Crippen molar-refractivity contribution in [2.24, 2.45) is 17.6 Å². The molecule has 0 aromatic heterocycles. The number of nitrogens with two attached hydrogens (primary N) is 1. The van der Waals surface area contributed by atoms with Crippen molar-refractivity contribution in [1.82, 2.24) is 4.90 Å². The van der Waals surface area contributed by atoms with E-state index in [0.717, 1.165) is 0 Å². The van der Waals surface area contributed by atoms with E-state index in [9.17, 15) is 9.59 Å². The zero-order valence-electron chi connectivity index (χ0n) is 10.3.